The molecule has 1 heterocycles. The number of nitro groups is 1. The number of fused-ring (bicyclic) bond motifs is 1. The molecule has 0 saturated carbocycles. The highest BCUT2D eigenvalue weighted by Gasteiger charge is 2.21. The number of rotatable bonds is 7. The van der Waals surface area contributed by atoms with E-state index in [1.165, 1.54) is 30.5 Å². The van der Waals surface area contributed by atoms with Gasteiger partial charge in [0, 0.05) is 28.8 Å². The van der Waals surface area contributed by atoms with Crippen molar-refractivity contribution in [1.29, 1.82) is 0 Å². The van der Waals surface area contributed by atoms with E-state index < -0.39 is 11.5 Å². The van der Waals surface area contributed by atoms with Crippen LogP contribution in [0.25, 0.3) is 0 Å². The largest absolute Gasteiger partial charge is 0.467 e. The first-order chi connectivity index (χ1) is 13.0. The Morgan fingerprint density at radius 3 is 2.93 bits per heavy atom. The van der Waals surface area contributed by atoms with E-state index in [0.29, 0.717) is 22.4 Å². The monoisotopic (exact) mass is 380 g/mol. The number of hydrogen-bond acceptors (Lipinski definition) is 7. The maximum Gasteiger partial charge on any atom is 0.387 e. The number of benzene rings is 2. The number of nitro benzene ring substituents is 1. The molecule has 0 fully saturated rings. The Labute approximate surface area is 152 Å². The molecule has 0 unspecified atom stereocenters. The number of halogens is 2. The molecule has 3 rings (SSSR count). The average molecular weight is 380 g/mol. The van der Waals surface area contributed by atoms with E-state index in [1.807, 2.05) is 0 Å². The average Bonchev–Trinajstić information content (AvgIpc) is 2.65. The lowest BCUT2D eigenvalue weighted by atomic mass is 10.1. The summed E-state index contributed by atoms with van der Waals surface area (Å²) in [6.07, 6.45) is 1.21. The number of ether oxygens (including phenoxy) is 3. The molecule has 0 bridgehead atoms. The first-order valence-electron chi connectivity index (χ1n) is 7.74. The van der Waals surface area contributed by atoms with Crippen molar-refractivity contribution in [3.05, 3.63) is 63.2 Å². The van der Waals surface area contributed by atoms with Crippen LogP contribution in [0, 0.1) is 10.1 Å². The summed E-state index contributed by atoms with van der Waals surface area (Å²) in [7, 11) is 0. The number of oxime groups is 1. The molecule has 0 amide bonds. The minimum Gasteiger partial charge on any atom is -0.467 e. The molecule has 1 aliphatic rings. The van der Waals surface area contributed by atoms with E-state index in [-0.39, 0.29) is 31.4 Å². The minimum absolute atomic E-state index is 0.0272. The molecule has 0 aromatic heterocycles. The molecule has 0 radical (unpaired) electrons. The first kappa shape index (κ1) is 18.5. The first-order valence-corrected chi connectivity index (χ1v) is 7.74. The predicted molar refractivity (Wildman–Crippen MR) is 88.8 cm³/mol. The molecule has 27 heavy (non-hydrogen) atoms. The van der Waals surface area contributed by atoms with Crippen molar-refractivity contribution in [2.75, 3.05) is 6.79 Å². The number of alkyl halides is 2. The summed E-state index contributed by atoms with van der Waals surface area (Å²) in [5.74, 6) is 0.400. The van der Waals surface area contributed by atoms with Gasteiger partial charge in [-0.3, -0.25) is 10.1 Å². The fourth-order valence-electron chi connectivity index (χ4n) is 2.48. The molecule has 1 aliphatic heterocycles. The second-order valence-electron chi connectivity index (χ2n) is 5.39. The fraction of sp³-hybridized carbons (Fsp3) is 0.235. The molecule has 142 valence electrons. The topological polar surface area (TPSA) is 92.4 Å². The van der Waals surface area contributed by atoms with Gasteiger partial charge in [-0.25, -0.2) is 0 Å². The fourth-order valence-corrected chi connectivity index (χ4v) is 2.48. The standard InChI is InChI=1S/C17H14F2N2O6/c18-17(19)27-15-4-2-1-3-11(15)7-20-26-9-13-6-14(21(22)23)5-12-8-24-10-25-16(12)13/h1-7,17H,8-10H2/b20-7-. The van der Waals surface area contributed by atoms with Crippen LogP contribution >= 0.6 is 0 Å². The van der Waals surface area contributed by atoms with E-state index in [4.69, 9.17) is 14.3 Å². The third kappa shape index (κ3) is 4.67. The Morgan fingerprint density at radius 1 is 1.33 bits per heavy atom. The van der Waals surface area contributed by atoms with Crippen molar-refractivity contribution in [2.45, 2.75) is 19.8 Å². The summed E-state index contributed by atoms with van der Waals surface area (Å²) < 4.78 is 39.7. The molecule has 2 aromatic carbocycles. The molecule has 10 heteroatoms. The van der Waals surface area contributed by atoms with Gasteiger partial charge >= 0.3 is 6.61 Å². The molecule has 0 saturated heterocycles. The Kier molecular flexibility index (Phi) is 5.77. The van der Waals surface area contributed by atoms with Crippen LogP contribution in [0.3, 0.4) is 0 Å². The van der Waals surface area contributed by atoms with Crippen LogP contribution in [0.2, 0.25) is 0 Å². The molecule has 0 spiro atoms. The van der Waals surface area contributed by atoms with E-state index in [0.717, 1.165) is 0 Å². The summed E-state index contributed by atoms with van der Waals surface area (Å²) in [5, 5.41) is 14.8. The highest BCUT2D eigenvalue weighted by Crippen LogP contribution is 2.33. The summed E-state index contributed by atoms with van der Waals surface area (Å²) in [6.45, 7) is -2.86. The van der Waals surface area contributed by atoms with Crippen molar-refractivity contribution in [1.82, 2.24) is 0 Å². The van der Waals surface area contributed by atoms with Crippen LogP contribution < -0.4 is 9.47 Å². The number of para-hydroxylation sites is 1. The smallest absolute Gasteiger partial charge is 0.387 e. The van der Waals surface area contributed by atoms with E-state index >= 15 is 0 Å². The van der Waals surface area contributed by atoms with Gasteiger partial charge in [0.05, 0.1) is 17.7 Å². The number of non-ortho nitro benzene ring substituents is 1. The molecule has 8 nitrogen and oxygen atoms in total. The van der Waals surface area contributed by atoms with Gasteiger partial charge < -0.3 is 19.0 Å². The Hall–Kier alpha value is -3.27. The van der Waals surface area contributed by atoms with E-state index in [9.17, 15) is 18.9 Å². The lowest BCUT2D eigenvalue weighted by Crippen LogP contribution is -2.14. The van der Waals surface area contributed by atoms with Crippen molar-refractivity contribution in [3.63, 3.8) is 0 Å². The van der Waals surface area contributed by atoms with Crippen LogP contribution in [0.4, 0.5) is 14.5 Å². The highest BCUT2D eigenvalue weighted by molar-refractivity contribution is 5.83. The van der Waals surface area contributed by atoms with Crippen molar-refractivity contribution >= 4 is 11.9 Å². The zero-order valence-electron chi connectivity index (χ0n) is 13.8. The third-order valence-corrected chi connectivity index (χ3v) is 3.60. The quantitative estimate of drug-likeness (QED) is 0.414. The van der Waals surface area contributed by atoms with Crippen molar-refractivity contribution in [3.8, 4) is 11.5 Å². The second-order valence-corrected chi connectivity index (χ2v) is 5.39. The normalized spacial score (nSPS) is 13.3. The maximum atomic E-state index is 12.4. The molecule has 2 aromatic rings. The number of hydrogen-bond donors (Lipinski definition) is 0. The van der Waals surface area contributed by atoms with Gasteiger partial charge in [-0.15, -0.1) is 0 Å². The zero-order valence-corrected chi connectivity index (χ0v) is 13.8. The molecule has 0 N–H and O–H groups in total. The maximum absolute atomic E-state index is 12.4. The Morgan fingerprint density at radius 2 is 2.15 bits per heavy atom. The SMILES string of the molecule is O=[N+]([O-])c1cc2c(c(CO/N=C\c3ccccc3OC(F)F)c1)OCOC2. The van der Waals surface area contributed by atoms with Gasteiger partial charge in [-0.05, 0) is 12.1 Å². The lowest BCUT2D eigenvalue weighted by molar-refractivity contribution is -0.385. The van der Waals surface area contributed by atoms with Gasteiger partial charge in [-0.1, -0.05) is 17.3 Å². The highest BCUT2D eigenvalue weighted by atomic mass is 19.3. The van der Waals surface area contributed by atoms with Crippen molar-refractivity contribution in [2.24, 2.45) is 5.16 Å². The van der Waals surface area contributed by atoms with Gasteiger partial charge in [0.15, 0.2) is 6.79 Å². The number of nitrogens with zero attached hydrogens (tertiary/aromatic N) is 2. The minimum atomic E-state index is -2.96. The summed E-state index contributed by atoms with van der Waals surface area (Å²) in [6, 6.07) is 8.78. The molecule has 0 aliphatic carbocycles. The summed E-state index contributed by atoms with van der Waals surface area (Å²) in [4.78, 5) is 15.7. The van der Waals surface area contributed by atoms with E-state index in [1.54, 1.807) is 12.1 Å². The molecular weight excluding hydrogens is 366 g/mol. The van der Waals surface area contributed by atoms with Gasteiger partial charge in [0.25, 0.3) is 5.69 Å². The Bertz CT molecular complexity index is 859. The van der Waals surface area contributed by atoms with Crippen LogP contribution in [0.1, 0.15) is 16.7 Å². The second kappa shape index (κ2) is 8.41. The Balaban J connectivity index is 1.73. The third-order valence-electron chi connectivity index (χ3n) is 3.60. The summed E-state index contributed by atoms with van der Waals surface area (Å²) >= 11 is 0. The van der Waals surface area contributed by atoms with Crippen LogP contribution in [-0.2, 0) is 22.8 Å². The van der Waals surface area contributed by atoms with Crippen molar-refractivity contribution < 1.29 is 32.8 Å². The van der Waals surface area contributed by atoms with Gasteiger partial charge in [-0.2, -0.15) is 8.78 Å². The lowest BCUT2D eigenvalue weighted by Gasteiger charge is -2.20. The predicted octanol–water partition coefficient (Wildman–Crippen LogP) is 3.61. The van der Waals surface area contributed by atoms with Crippen LogP contribution in [-0.4, -0.2) is 24.5 Å². The van der Waals surface area contributed by atoms with Crippen LogP contribution in [0.15, 0.2) is 41.6 Å². The van der Waals surface area contributed by atoms with Gasteiger partial charge in [0.2, 0.25) is 0 Å². The van der Waals surface area contributed by atoms with Crippen LogP contribution in [0.5, 0.6) is 11.5 Å². The zero-order chi connectivity index (χ0) is 19.2. The van der Waals surface area contributed by atoms with E-state index in [2.05, 4.69) is 9.89 Å². The van der Waals surface area contributed by atoms with Gasteiger partial charge in [0.1, 0.15) is 18.1 Å². The summed E-state index contributed by atoms with van der Waals surface area (Å²) in [5.41, 5.74) is 1.13. The molecular formula is C17H14F2N2O6. The molecule has 0 atom stereocenters.